The van der Waals surface area contributed by atoms with Gasteiger partial charge < -0.3 is 10.3 Å². The van der Waals surface area contributed by atoms with Crippen molar-refractivity contribution in [3.63, 3.8) is 0 Å². The first-order chi connectivity index (χ1) is 13.5. The Morgan fingerprint density at radius 2 is 1.93 bits per heavy atom. The minimum Gasteiger partial charge on any atom is -0.338 e. The van der Waals surface area contributed by atoms with Gasteiger partial charge in [-0.25, -0.2) is 23.1 Å². The molecule has 4 rings (SSSR count). The number of hydrogen-bond donors (Lipinski definition) is 2. The SMILES string of the molecule is O=C(Nc1ccccn1)c1cccc2[nH]c(-c3cc(F)ccc3C(F)F)nc12. The molecule has 0 unspecified atom stereocenters. The van der Waals surface area contributed by atoms with Crippen LogP contribution in [0.1, 0.15) is 22.3 Å². The van der Waals surface area contributed by atoms with Crippen molar-refractivity contribution in [1.82, 2.24) is 15.0 Å². The van der Waals surface area contributed by atoms with Gasteiger partial charge in [0.1, 0.15) is 23.0 Å². The zero-order chi connectivity index (χ0) is 19.7. The van der Waals surface area contributed by atoms with E-state index >= 15 is 0 Å². The highest BCUT2D eigenvalue weighted by molar-refractivity contribution is 6.11. The van der Waals surface area contributed by atoms with E-state index in [9.17, 15) is 18.0 Å². The van der Waals surface area contributed by atoms with Crippen LogP contribution in [-0.4, -0.2) is 20.9 Å². The first-order valence-electron chi connectivity index (χ1n) is 8.32. The topological polar surface area (TPSA) is 70.7 Å². The van der Waals surface area contributed by atoms with Crippen molar-refractivity contribution in [3.8, 4) is 11.4 Å². The van der Waals surface area contributed by atoms with E-state index in [0.29, 0.717) is 11.3 Å². The Labute approximate surface area is 157 Å². The largest absolute Gasteiger partial charge is 0.338 e. The van der Waals surface area contributed by atoms with Crippen molar-refractivity contribution in [1.29, 1.82) is 0 Å². The molecule has 8 heteroatoms. The molecule has 1 amide bonds. The Hall–Kier alpha value is -3.68. The lowest BCUT2D eigenvalue weighted by Crippen LogP contribution is -2.13. The number of amides is 1. The van der Waals surface area contributed by atoms with Gasteiger partial charge in [0.2, 0.25) is 0 Å². The molecule has 0 radical (unpaired) electrons. The molecule has 5 nitrogen and oxygen atoms in total. The lowest BCUT2D eigenvalue weighted by atomic mass is 10.1. The van der Waals surface area contributed by atoms with Gasteiger partial charge in [-0.3, -0.25) is 4.79 Å². The van der Waals surface area contributed by atoms with Crippen LogP contribution < -0.4 is 5.32 Å². The number of imidazole rings is 1. The molecule has 0 bridgehead atoms. The van der Waals surface area contributed by atoms with E-state index in [1.807, 2.05) is 0 Å². The van der Waals surface area contributed by atoms with Gasteiger partial charge in [0.25, 0.3) is 12.3 Å². The fourth-order valence-electron chi connectivity index (χ4n) is 2.89. The number of H-pyrrole nitrogens is 1. The Balaban J connectivity index is 1.78. The number of nitrogens with one attached hydrogen (secondary N) is 2. The summed E-state index contributed by atoms with van der Waals surface area (Å²) in [6, 6.07) is 12.9. The van der Waals surface area contributed by atoms with Gasteiger partial charge in [-0.2, -0.15) is 0 Å². The number of carbonyl (C=O) groups excluding carboxylic acids is 1. The quantitative estimate of drug-likeness (QED) is 0.524. The van der Waals surface area contributed by atoms with Crippen LogP contribution in [0.3, 0.4) is 0 Å². The Morgan fingerprint density at radius 1 is 1.07 bits per heavy atom. The monoisotopic (exact) mass is 382 g/mol. The van der Waals surface area contributed by atoms with Gasteiger partial charge in [-0.15, -0.1) is 0 Å². The number of alkyl halides is 2. The molecule has 4 aromatic rings. The maximum Gasteiger partial charge on any atom is 0.264 e. The number of anilines is 1. The Kier molecular flexibility index (Phi) is 4.52. The van der Waals surface area contributed by atoms with Crippen LogP contribution in [0.4, 0.5) is 19.0 Å². The molecule has 0 aliphatic carbocycles. The normalized spacial score (nSPS) is 11.1. The molecule has 2 N–H and O–H groups in total. The highest BCUT2D eigenvalue weighted by atomic mass is 19.3. The lowest BCUT2D eigenvalue weighted by Gasteiger charge is -2.06. The number of fused-ring (bicyclic) bond motifs is 1. The van der Waals surface area contributed by atoms with Gasteiger partial charge in [-0.05, 0) is 42.5 Å². The van der Waals surface area contributed by atoms with Crippen LogP contribution in [0, 0.1) is 5.82 Å². The third-order valence-electron chi connectivity index (χ3n) is 4.17. The molecule has 0 aliphatic rings. The maximum atomic E-state index is 13.6. The molecule has 0 spiro atoms. The van der Waals surface area contributed by atoms with E-state index in [4.69, 9.17) is 0 Å². The average Bonchev–Trinajstić information content (AvgIpc) is 3.12. The number of rotatable bonds is 4. The summed E-state index contributed by atoms with van der Waals surface area (Å²) in [5, 5.41) is 2.65. The molecule has 0 saturated heterocycles. The minimum absolute atomic E-state index is 0.0534. The molecule has 140 valence electrons. The third-order valence-corrected chi connectivity index (χ3v) is 4.17. The second-order valence-electron chi connectivity index (χ2n) is 5.99. The number of aromatic amines is 1. The highest BCUT2D eigenvalue weighted by Crippen LogP contribution is 2.32. The highest BCUT2D eigenvalue weighted by Gasteiger charge is 2.20. The van der Waals surface area contributed by atoms with E-state index in [-0.39, 0.29) is 28.0 Å². The molecular weight excluding hydrogens is 369 g/mol. The summed E-state index contributed by atoms with van der Waals surface area (Å²) in [4.78, 5) is 23.8. The summed E-state index contributed by atoms with van der Waals surface area (Å²) in [6.45, 7) is 0. The van der Waals surface area contributed by atoms with Crippen LogP contribution in [0.15, 0.2) is 60.8 Å². The van der Waals surface area contributed by atoms with Gasteiger partial charge in [0, 0.05) is 17.3 Å². The standard InChI is InChI=1S/C20H13F3N4O/c21-11-7-8-12(18(22)23)14(10-11)19-25-15-5-3-4-13(17(15)27-19)20(28)26-16-6-1-2-9-24-16/h1-10,18H,(H,25,27)(H,24,26,28). The van der Waals surface area contributed by atoms with E-state index in [1.165, 1.54) is 0 Å². The summed E-state index contributed by atoms with van der Waals surface area (Å²) < 4.78 is 40.3. The summed E-state index contributed by atoms with van der Waals surface area (Å²) in [6.07, 6.45) is -1.26. The van der Waals surface area contributed by atoms with Crippen molar-refractivity contribution in [2.75, 3.05) is 5.32 Å². The smallest absolute Gasteiger partial charge is 0.264 e. The number of benzene rings is 2. The third kappa shape index (κ3) is 3.32. The molecule has 2 heterocycles. The van der Waals surface area contributed by atoms with Crippen LogP contribution >= 0.6 is 0 Å². The Bertz CT molecular complexity index is 1160. The molecule has 0 saturated carbocycles. The molecule has 28 heavy (non-hydrogen) atoms. The molecule has 2 aromatic carbocycles. The number of halogens is 3. The van der Waals surface area contributed by atoms with Crippen molar-refractivity contribution >= 4 is 22.8 Å². The predicted molar refractivity (Wildman–Crippen MR) is 98.6 cm³/mol. The molecular formula is C20H13F3N4O. The average molecular weight is 382 g/mol. The molecule has 2 aromatic heterocycles. The van der Waals surface area contributed by atoms with Crippen LogP contribution in [-0.2, 0) is 0 Å². The summed E-state index contributed by atoms with van der Waals surface area (Å²) in [5.74, 6) is -0.683. The van der Waals surface area contributed by atoms with Gasteiger partial charge >= 0.3 is 0 Å². The molecule has 0 fully saturated rings. The zero-order valence-electron chi connectivity index (χ0n) is 14.3. The number of aromatic nitrogens is 3. The number of nitrogens with zero attached hydrogens (tertiary/aromatic N) is 2. The summed E-state index contributed by atoms with van der Waals surface area (Å²) in [7, 11) is 0. The lowest BCUT2D eigenvalue weighted by molar-refractivity contribution is 0.102. The van der Waals surface area contributed by atoms with Crippen molar-refractivity contribution < 1.29 is 18.0 Å². The second-order valence-corrected chi connectivity index (χ2v) is 5.99. The van der Waals surface area contributed by atoms with E-state index in [0.717, 1.165) is 18.2 Å². The maximum absolute atomic E-state index is 13.6. The van der Waals surface area contributed by atoms with Crippen LogP contribution in [0.2, 0.25) is 0 Å². The number of carbonyl (C=O) groups is 1. The van der Waals surface area contributed by atoms with Gasteiger partial charge in [-0.1, -0.05) is 12.1 Å². The zero-order valence-corrected chi connectivity index (χ0v) is 14.3. The minimum atomic E-state index is -2.80. The first kappa shape index (κ1) is 17.7. The Morgan fingerprint density at radius 3 is 2.68 bits per heavy atom. The summed E-state index contributed by atoms with van der Waals surface area (Å²) in [5.41, 5.74) is 0.589. The van der Waals surface area contributed by atoms with Gasteiger partial charge in [0.15, 0.2) is 0 Å². The molecule has 0 aliphatic heterocycles. The van der Waals surface area contributed by atoms with E-state index < -0.39 is 18.1 Å². The fourth-order valence-corrected chi connectivity index (χ4v) is 2.89. The fraction of sp³-hybridized carbons (Fsp3) is 0.0500. The van der Waals surface area contributed by atoms with E-state index in [2.05, 4.69) is 20.3 Å². The van der Waals surface area contributed by atoms with Crippen LogP contribution in [0.5, 0.6) is 0 Å². The number of hydrogen-bond acceptors (Lipinski definition) is 3. The molecule has 0 atom stereocenters. The van der Waals surface area contributed by atoms with Crippen molar-refractivity contribution in [3.05, 3.63) is 77.7 Å². The summed E-state index contributed by atoms with van der Waals surface area (Å²) >= 11 is 0. The van der Waals surface area contributed by atoms with Gasteiger partial charge in [0.05, 0.1) is 11.1 Å². The van der Waals surface area contributed by atoms with E-state index in [1.54, 1.807) is 42.6 Å². The van der Waals surface area contributed by atoms with Crippen LogP contribution in [0.25, 0.3) is 22.4 Å². The first-order valence-corrected chi connectivity index (χ1v) is 8.32. The van der Waals surface area contributed by atoms with Crippen molar-refractivity contribution in [2.24, 2.45) is 0 Å². The number of para-hydroxylation sites is 1. The second kappa shape index (κ2) is 7.15. The predicted octanol–water partition coefficient (Wildman–Crippen LogP) is 4.95. The van der Waals surface area contributed by atoms with Crippen molar-refractivity contribution in [2.45, 2.75) is 6.43 Å². The number of pyridine rings is 1.